The van der Waals surface area contributed by atoms with E-state index in [1.165, 1.54) is 0 Å². The minimum Gasteiger partial charge on any atom is -0.493 e. The summed E-state index contributed by atoms with van der Waals surface area (Å²) in [6, 6.07) is 6.18. The molecule has 0 radical (unpaired) electrons. The molecule has 1 fully saturated rings. The molecule has 5 nitrogen and oxygen atoms in total. The Labute approximate surface area is 114 Å². The summed E-state index contributed by atoms with van der Waals surface area (Å²) in [5.41, 5.74) is 7.10. The Morgan fingerprint density at radius 3 is 2.47 bits per heavy atom. The highest BCUT2D eigenvalue weighted by atomic mass is 16.5. The molecule has 1 saturated heterocycles. The molecule has 1 aliphatic rings. The number of hydrogen-bond donors (Lipinski definition) is 1. The summed E-state index contributed by atoms with van der Waals surface area (Å²) in [7, 11) is 3.29. The van der Waals surface area contributed by atoms with Crippen LogP contribution >= 0.6 is 0 Å². The summed E-state index contributed by atoms with van der Waals surface area (Å²) >= 11 is 0. The summed E-state index contributed by atoms with van der Waals surface area (Å²) in [4.78, 5) is 2.35. The highest BCUT2D eigenvalue weighted by molar-refractivity contribution is 5.43. The second kappa shape index (κ2) is 6.75. The van der Waals surface area contributed by atoms with Crippen LogP contribution in [0.4, 0.5) is 0 Å². The third-order valence-corrected chi connectivity index (χ3v) is 3.50. The average molecular weight is 266 g/mol. The molecule has 0 bridgehead atoms. The van der Waals surface area contributed by atoms with Crippen molar-refractivity contribution in [3.05, 3.63) is 23.8 Å². The molecule has 19 heavy (non-hydrogen) atoms. The zero-order chi connectivity index (χ0) is 13.7. The lowest BCUT2D eigenvalue weighted by atomic mass is 10.0. The molecule has 0 amide bonds. The second-order valence-corrected chi connectivity index (χ2v) is 4.51. The van der Waals surface area contributed by atoms with Gasteiger partial charge in [0.2, 0.25) is 0 Å². The van der Waals surface area contributed by atoms with Crippen molar-refractivity contribution in [3.8, 4) is 11.5 Å². The Kier molecular flexibility index (Phi) is 5.01. The predicted octanol–water partition coefficient (Wildman–Crippen LogP) is 1.04. The lowest BCUT2D eigenvalue weighted by molar-refractivity contribution is 0.0178. The van der Waals surface area contributed by atoms with Gasteiger partial charge in [-0.3, -0.25) is 4.90 Å². The first-order valence-electron chi connectivity index (χ1n) is 6.54. The molecule has 106 valence electrons. The van der Waals surface area contributed by atoms with E-state index in [1.807, 2.05) is 18.2 Å². The Balaban J connectivity index is 2.22. The van der Waals surface area contributed by atoms with Crippen LogP contribution in [0.15, 0.2) is 18.2 Å². The molecule has 0 aliphatic carbocycles. The van der Waals surface area contributed by atoms with Crippen LogP contribution in [0.1, 0.15) is 11.6 Å². The number of hydrogen-bond acceptors (Lipinski definition) is 5. The fourth-order valence-electron chi connectivity index (χ4n) is 2.45. The van der Waals surface area contributed by atoms with Crippen LogP contribution in [0.5, 0.6) is 11.5 Å². The Hall–Kier alpha value is -1.30. The fraction of sp³-hybridized carbons (Fsp3) is 0.571. The number of methoxy groups -OCH3 is 2. The highest BCUT2D eigenvalue weighted by Gasteiger charge is 2.22. The van der Waals surface area contributed by atoms with E-state index < -0.39 is 0 Å². The molecule has 2 N–H and O–H groups in total. The maximum atomic E-state index is 5.94. The van der Waals surface area contributed by atoms with Gasteiger partial charge in [-0.25, -0.2) is 0 Å². The van der Waals surface area contributed by atoms with Crippen molar-refractivity contribution < 1.29 is 14.2 Å². The second-order valence-electron chi connectivity index (χ2n) is 4.51. The Morgan fingerprint density at radius 1 is 1.21 bits per heavy atom. The van der Waals surface area contributed by atoms with E-state index in [0.717, 1.165) is 43.4 Å². The third-order valence-electron chi connectivity index (χ3n) is 3.50. The van der Waals surface area contributed by atoms with Crippen LogP contribution in [0.25, 0.3) is 0 Å². The van der Waals surface area contributed by atoms with E-state index in [4.69, 9.17) is 19.9 Å². The maximum Gasteiger partial charge on any atom is 0.161 e. The van der Waals surface area contributed by atoms with Gasteiger partial charge in [-0.2, -0.15) is 0 Å². The summed E-state index contributed by atoms with van der Waals surface area (Å²) in [6.45, 7) is 3.94. The van der Waals surface area contributed by atoms with Crippen molar-refractivity contribution in [1.29, 1.82) is 0 Å². The fourth-order valence-corrected chi connectivity index (χ4v) is 2.45. The third kappa shape index (κ3) is 3.18. The number of ether oxygens (including phenoxy) is 3. The minimum absolute atomic E-state index is 0.198. The van der Waals surface area contributed by atoms with Gasteiger partial charge in [0.15, 0.2) is 11.5 Å². The number of morpholine rings is 1. The van der Waals surface area contributed by atoms with Gasteiger partial charge in [0.25, 0.3) is 0 Å². The molecule has 1 atom stereocenters. The number of rotatable bonds is 5. The average Bonchev–Trinajstić information content (AvgIpc) is 2.49. The van der Waals surface area contributed by atoms with Gasteiger partial charge in [-0.15, -0.1) is 0 Å². The van der Waals surface area contributed by atoms with Crippen LogP contribution in [0.3, 0.4) is 0 Å². The van der Waals surface area contributed by atoms with Gasteiger partial charge >= 0.3 is 0 Å². The van der Waals surface area contributed by atoms with Crippen molar-refractivity contribution >= 4 is 0 Å². The Morgan fingerprint density at radius 2 is 1.89 bits per heavy atom. The zero-order valence-electron chi connectivity index (χ0n) is 11.6. The maximum absolute atomic E-state index is 5.94. The first-order chi connectivity index (χ1) is 9.30. The van der Waals surface area contributed by atoms with Crippen molar-refractivity contribution in [2.45, 2.75) is 6.04 Å². The molecular formula is C14H22N2O3. The molecule has 1 aliphatic heterocycles. The van der Waals surface area contributed by atoms with Crippen molar-refractivity contribution in [2.75, 3.05) is 47.1 Å². The summed E-state index contributed by atoms with van der Waals surface area (Å²) in [5, 5.41) is 0. The lowest BCUT2D eigenvalue weighted by Crippen LogP contribution is -2.41. The summed E-state index contributed by atoms with van der Waals surface area (Å²) < 4.78 is 16.0. The van der Waals surface area contributed by atoms with Crippen molar-refractivity contribution in [1.82, 2.24) is 4.90 Å². The van der Waals surface area contributed by atoms with Crippen LogP contribution in [-0.2, 0) is 4.74 Å². The number of nitrogens with zero attached hydrogens (tertiary/aromatic N) is 1. The highest BCUT2D eigenvalue weighted by Crippen LogP contribution is 2.31. The van der Waals surface area contributed by atoms with E-state index >= 15 is 0 Å². The first kappa shape index (κ1) is 14.1. The molecule has 1 aromatic rings. The normalized spacial score (nSPS) is 18.1. The first-order valence-corrected chi connectivity index (χ1v) is 6.54. The molecule has 0 saturated carbocycles. The Bertz CT molecular complexity index is 406. The van der Waals surface area contributed by atoms with Gasteiger partial charge in [-0.1, -0.05) is 6.07 Å². The van der Waals surface area contributed by atoms with E-state index in [9.17, 15) is 0 Å². The minimum atomic E-state index is 0.198. The molecule has 1 heterocycles. The summed E-state index contributed by atoms with van der Waals surface area (Å²) in [6.07, 6.45) is 0. The smallest absolute Gasteiger partial charge is 0.161 e. The molecule has 1 unspecified atom stereocenters. The van der Waals surface area contributed by atoms with Crippen LogP contribution in [0, 0.1) is 0 Å². The molecule has 2 rings (SSSR count). The quantitative estimate of drug-likeness (QED) is 0.863. The van der Waals surface area contributed by atoms with Gasteiger partial charge in [0, 0.05) is 25.7 Å². The molecule has 0 aromatic heterocycles. The van der Waals surface area contributed by atoms with E-state index in [-0.39, 0.29) is 6.04 Å². The van der Waals surface area contributed by atoms with Crippen LogP contribution in [0.2, 0.25) is 0 Å². The van der Waals surface area contributed by atoms with Crippen LogP contribution < -0.4 is 15.2 Å². The van der Waals surface area contributed by atoms with Crippen molar-refractivity contribution in [2.24, 2.45) is 5.73 Å². The topological polar surface area (TPSA) is 57.0 Å². The van der Waals surface area contributed by atoms with E-state index in [0.29, 0.717) is 6.54 Å². The molecular weight excluding hydrogens is 244 g/mol. The monoisotopic (exact) mass is 266 g/mol. The van der Waals surface area contributed by atoms with E-state index in [1.54, 1.807) is 14.2 Å². The standard InChI is InChI=1S/C14H22N2O3/c1-17-13-4-3-11(9-14(13)18-2)12(10-15)16-5-7-19-8-6-16/h3-4,9,12H,5-8,10,15H2,1-2H3. The predicted molar refractivity (Wildman–Crippen MR) is 73.7 cm³/mol. The number of benzene rings is 1. The van der Waals surface area contributed by atoms with Gasteiger partial charge in [0.05, 0.1) is 27.4 Å². The molecule has 5 heteroatoms. The summed E-state index contributed by atoms with van der Waals surface area (Å²) in [5.74, 6) is 1.48. The van der Waals surface area contributed by atoms with Crippen LogP contribution in [-0.4, -0.2) is 52.0 Å². The molecule has 0 spiro atoms. The van der Waals surface area contributed by atoms with E-state index in [2.05, 4.69) is 4.90 Å². The largest absolute Gasteiger partial charge is 0.493 e. The van der Waals surface area contributed by atoms with Gasteiger partial charge < -0.3 is 19.9 Å². The zero-order valence-corrected chi connectivity index (χ0v) is 11.6. The number of nitrogens with two attached hydrogens (primary N) is 1. The van der Waals surface area contributed by atoms with Gasteiger partial charge in [-0.05, 0) is 17.7 Å². The van der Waals surface area contributed by atoms with Gasteiger partial charge in [0.1, 0.15) is 0 Å². The molecule has 1 aromatic carbocycles. The SMILES string of the molecule is COc1ccc(C(CN)N2CCOCC2)cc1OC. The van der Waals surface area contributed by atoms with Crippen molar-refractivity contribution in [3.63, 3.8) is 0 Å². The lowest BCUT2D eigenvalue weighted by Gasteiger charge is -2.34.